The highest BCUT2D eigenvalue weighted by atomic mass is 16.6. The monoisotopic (exact) mass is 355 g/mol. The van der Waals surface area contributed by atoms with Gasteiger partial charge in [-0.15, -0.1) is 0 Å². The molecule has 0 saturated heterocycles. The fraction of sp³-hybridized carbons (Fsp3) is 0.167. The van der Waals surface area contributed by atoms with Gasteiger partial charge in [-0.25, -0.2) is 0 Å². The van der Waals surface area contributed by atoms with Crippen molar-refractivity contribution >= 4 is 5.69 Å². The van der Waals surface area contributed by atoms with E-state index in [1.165, 1.54) is 12.1 Å². The third-order valence-electron chi connectivity index (χ3n) is 3.93. The molecule has 0 radical (unpaired) electrons. The molecule has 0 fully saturated rings. The number of aromatic nitrogens is 2. The number of non-ortho nitro benzene ring substituents is 1. The summed E-state index contributed by atoms with van der Waals surface area (Å²) in [4.78, 5) is 10.3. The van der Waals surface area contributed by atoms with Crippen LogP contribution in [0, 0.1) is 10.1 Å². The lowest BCUT2D eigenvalue weighted by molar-refractivity contribution is -0.384. The smallest absolute Gasteiger partial charge is 0.269 e. The number of benzene rings is 2. The summed E-state index contributed by atoms with van der Waals surface area (Å²) in [5, 5.41) is 18.0. The Morgan fingerprint density at radius 3 is 2.04 bits per heavy atom. The van der Waals surface area contributed by atoms with Crippen molar-refractivity contribution in [2.24, 2.45) is 0 Å². The van der Waals surface area contributed by atoms with Gasteiger partial charge in [-0.1, -0.05) is 0 Å². The first kappa shape index (κ1) is 17.3. The molecule has 8 nitrogen and oxygen atoms in total. The van der Waals surface area contributed by atoms with Crippen molar-refractivity contribution in [2.75, 3.05) is 21.3 Å². The Kier molecular flexibility index (Phi) is 4.74. The third kappa shape index (κ3) is 3.16. The van der Waals surface area contributed by atoms with E-state index in [2.05, 4.69) is 10.2 Å². The van der Waals surface area contributed by atoms with E-state index in [-0.39, 0.29) is 5.69 Å². The van der Waals surface area contributed by atoms with E-state index in [4.69, 9.17) is 14.2 Å². The molecule has 0 spiro atoms. The fourth-order valence-electron chi connectivity index (χ4n) is 2.61. The molecule has 3 aromatic rings. The van der Waals surface area contributed by atoms with Crippen LogP contribution in [0.5, 0.6) is 17.2 Å². The van der Waals surface area contributed by atoms with Crippen LogP contribution in [0.3, 0.4) is 0 Å². The molecular weight excluding hydrogens is 338 g/mol. The molecule has 1 N–H and O–H groups in total. The SMILES string of the molecule is COc1cc(-c2cc(-c3ccc([N+](=O)[O-])cc3)[nH]n2)cc(OC)c1OC. The third-order valence-corrected chi connectivity index (χ3v) is 3.93. The van der Waals surface area contributed by atoms with E-state index in [0.717, 1.165) is 16.8 Å². The van der Waals surface area contributed by atoms with E-state index in [0.29, 0.717) is 22.9 Å². The Hall–Kier alpha value is -3.55. The number of nitrogens with one attached hydrogen (secondary N) is 1. The summed E-state index contributed by atoms with van der Waals surface area (Å²) in [6.07, 6.45) is 0. The summed E-state index contributed by atoms with van der Waals surface area (Å²) in [5.41, 5.74) is 3.03. The Labute approximate surface area is 149 Å². The lowest BCUT2D eigenvalue weighted by atomic mass is 10.1. The number of nitrogens with zero attached hydrogens (tertiary/aromatic N) is 2. The van der Waals surface area contributed by atoms with E-state index in [1.807, 2.05) is 6.07 Å². The topological polar surface area (TPSA) is 99.5 Å². The molecule has 0 saturated carbocycles. The normalized spacial score (nSPS) is 10.4. The molecule has 2 aromatic carbocycles. The zero-order chi connectivity index (χ0) is 18.7. The van der Waals surface area contributed by atoms with Gasteiger partial charge < -0.3 is 14.2 Å². The zero-order valence-corrected chi connectivity index (χ0v) is 14.5. The number of H-pyrrole nitrogens is 1. The maximum absolute atomic E-state index is 10.8. The Morgan fingerprint density at radius 1 is 0.923 bits per heavy atom. The summed E-state index contributed by atoms with van der Waals surface area (Å²) in [5.74, 6) is 1.56. The maximum Gasteiger partial charge on any atom is 0.269 e. The van der Waals surface area contributed by atoms with Gasteiger partial charge in [0, 0.05) is 23.3 Å². The number of nitro groups is 1. The summed E-state index contributed by atoms with van der Waals surface area (Å²) in [7, 11) is 4.64. The largest absolute Gasteiger partial charge is 0.493 e. The summed E-state index contributed by atoms with van der Waals surface area (Å²) < 4.78 is 16.0. The minimum Gasteiger partial charge on any atom is -0.493 e. The second kappa shape index (κ2) is 7.14. The number of methoxy groups -OCH3 is 3. The summed E-state index contributed by atoms with van der Waals surface area (Å²) in [6.45, 7) is 0. The van der Waals surface area contributed by atoms with Crippen molar-refractivity contribution in [1.82, 2.24) is 10.2 Å². The first-order valence-electron chi connectivity index (χ1n) is 7.68. The molecule has 0 bridgehead atoms. The highest BCUT2D eigenvalue weighted by Gasteiger charge is 2.16. The molecule has 134 valence electrons. The molecule has 0 aliphatic carbocycles. The molecule has 0 unspecified atom stereocenters. The second-order valence-corrected chi connectivity index (χ2v) is 5.38. The van der Waals surface area contributed by atoms with Crippen LogP contribution < -0.4 is 14.2 Å². The fourth-order valence-corrected chi connectivity index (χ4v) is 2.61. The first-order chi connectivity index (χ1) is 12.6. The van der Waals surface area contributed by atoms with Gasteiger partial charge >= 0.3 is 0 Å². The number of rotatable bonds is 6. The highest BCUT2D eigenvalue weighted by Crippen LogP contribution is 2.41. The van der Waals surface area contributed by atoms with E-state index in [9.17, 15) is 10.1 Å². The quantitative estimate of drug-likeness (QED) is 0.535. The zero-order valence-electron chi connectivity index (χ0n) is 14.5. The van der Waals surface area contributed by atoms with Crippen LogP contribution in [0.1, 0.15) is 0 Å². The van der Waals surface area contributed by atoms with Crippen molar-refractivity contribution < 1.29 is 19.1 Å². The van der Waals surface area contributed by atoms with E-state index in [1.54, 1.807) is 45.6 Å². The molecule has 0 amide bonds. The number of aromatic amines is 1. The van der Waals surface area contributed by atoms with Crippen molar-refractivity contribution in [3.63, 3.8) is 0 Å². The van der Waals surface area contributed by atoms with Gasteiger partial charge in [0.2, 0.25) is 5.75 Å². The van der Waals surface area contributed by atoms with Crippen LogP contribution >= 0.6 is 0 Å². The van der Waals surface area contributed by atoms with Crippen LogP contribution in [0.25, 0.3) is 22.5 Å². The van der Waals surface area contributed by atoms with Crippen molar-refractivity contribution in [1.29, 1.82) is 0 Å². The van der Waals surface area contributed by atoms with Gasteiger partial charge in [-0.3, -0.25) is 15.2 Å². The molecule has 1 heterocycles. The van der Waals surface area contributed by atoms with Crippen molar-refractivity contribution in [3.05, 3.63) is 52.6 Å². The van der Waals surface area contributed by atoms with Crippen LogP contribution in [0.2, 0.25) is 0 Å². The summed E-state index contributed by atoms with van der Waals surface area (Å²) in [6, 6.07) is 11.7. The van der Waals surface area contributed by atoms with Gasteiger partial charge in [0.15, 0.2) is 11.5 Å². The van der Waals surface area contributed by atoms with E-state index < -0.39 is 4.92 Å². The Bertz CT molecular complexity index is 909. The Morgan fingerprint density at radius 2 is 1.54 bits per heavy atom. The summed E-state index contributed by atoms with van der Waals surface area (Å²) >= 11 is 0. The minimum atomic E-state index is -0.432. The standard InChI is InChI=1S/C18H17N3O5/c1-24-16-8-12(9-17(25-2)18(16)26-3)15-10-14(19-20-15)11-4-6-13(7-5-11)21(22)23/h4-10H,1-3H3,(H,19,20). The molecule has 0 aliphatic rings. The van der Waals surface area contributed by atoms with Crippen LogP contribution in [0.4, 0.5) is 5.69 Å². The van der Waals surface area contributed by atoms with Crippen LogP contribution in [0.15, 0.2) is 42.5 Å². The van der Waals surface area contributed by atoms with Gasteiger partial charge in [0.25, 0.3) is 5.69 Å². The molecule has 26 heavy (non-hydrogen) atoms. The first-order valence-corrected chi connectivity index (χ1v) is 7.68. The maximum atomic E-state index is 10.8. The minimum absolute atomic E-state index is 0.0399. The second-order valence-electron chi connectivity index (χ2n) is 5.38. The predicted octanol–water partition coefficient (Wildman–Crippen LogP) is 3.68. The number of hydrogen-bond donors (Lipinski definition) is 1. The highest BCUT2D eigenvalue weighted by molar-refractivity contribution is 5.72. The number of hydrogen-bond acceptors (Lipinski definition) is 6. The molecule has 0 aliphatic heterocycles. The molecule has 1 aromatic heterocycles. The van der Waals surface area contributed by atoms with Crippen LogP contribution in [-0.4, -0.2) is 36.5 Å². The van der Waals surface area contributed by atoms with Gasteiger partial charge in [0.05, 0.1) is 37.6 Å². The van der Waals surface area contributed by atoms with Gasteiger partial charge in [-0.2, -0.15) is 5.10 Å². The molecule has 8 heteroatoms. The molecule has 3 rings (SSSR count). The average Bonchev–Trinajstić information content (AvgIpc) is 3.17. The molecular formula is C18H17N3O5. The predicted molar refractivity (Wildman–Crippen MR) is 95.8 cm³/mol. The van der Waals surface area contributed by atoms with Gasteiger partial charge in [-0.05, 0) is 30.3 Å². The van der Waals surface area contributed by atoms with E-state index >= 15 is 0 Å². The molecule has 0 atom stereocenters. The Balaban J connectivity index is 1.98. The van der Waals surface area contributed by atoms with Crippen molar-refractivity contribution in [3.8, 4) is 39.8 Å². The lowest BCUT2D eigenvalue weighted by Gasteiger charge is -2.13. The number of nitro benzene ring substituents is 1. The average molecular weight is 355 g/mol. The van der Waals surface area contributed by atoms with Crippen molar-refractivity contribution in [2.45, 2.75) is 0 Å². The lowest BCUT2D eigenvalue weighted by Crippen LogP contribution is -1.95. The number of ether oxygens (including phenoxy) is 3. The van der Waals surface area contributed by atoms with Crippen LogP contribution in [-0.2, 0) is 0 Å². The van der Waals surface area contributed by atoms with Gasteiger partial charge in [0.1, 0.15) is 0 Å².